The van der Waals surface area contributed by atoms with Gasteiger partial charge in [0, 0.05) is 0 Å². The number of hydrogen-bond acceptors (Lipinski definition) is 1. The van der Waals surface area contributed by atoms with E-state index in [1.165, 1.54) is 57.8 Å². The van der Waals surface area contributed by atoms with E-state index in [-0.39, 0.29) is 6.10 Å². The van der Waals surface area contributed by atoms with E-state index in [9.17, 15) is 5.11 Å². The van der Waals surface area contributed by atoms with Gasteiger partial charge in [-0.15, -0.1) is 0 Å². The summed E-state index contributed by atoms with van der Waals surface area (Å²) in [6, 6.07) is 0. The lowest BCUT2D eigenvalue weighted by molar-refractivity contribution is -0.0573. The number of fused-ring (bicyclic) bond motifs is 5. The van der Waals surface area contributed by atoms with E-state index < -0.39 is 0 Å². The van der Waals surface area contributed by atoms with Crippen molar-refractivity contribution in [2.45, 2.75) is 111 Å². The Morgan fingerprint density at radius 1 is 1.00 bits per heavy atom. The lowest BCUT2D eigenvalue weighted by Crippen LogP contribution is -2.50. The van der Waals surface area contributed by atoms with Gasteiger partial charge < -0.3 is 5.11 Å². The molecule has 0 radical (unpaired) electrons. The van der Waals surface area contributed by atoms with Gasteiger partial charge in [-0.3, -0.25) is 0 Å². The highest BCUT2D eigenvalue weighted by molar-refractivity contribution is 5.25. The highest BCUT2D eigenvalue weighted by Crippen LogP contribution is 2.67. The molecule has 4 rings (SSSR count). The molecule has 3 saturated carbocycles. The second-order valence-electron chi connectivity index (χ2n) is 12.2. The number of rotatable bonds is 5. The third-order valence-corrected chi connectivity index (χ3v) is 10.3. The first-order valence-electron chi connectivity index (χ1n) is 12.6. The van der Waals surface area contributed by atoms with E-state index in [0.29, 0.717) is 10.8 Å². The Kier molecular flexibility index (Phi) is 5.80. The first-order chi connectivity index (χ1) is 13.3. The summed E-state index contributed by atoms with van der Waals surface area (Å²) in [6.07, 6.45) is 17.2. The largest absolute Gasteiger partial charge is 0.393 e. The predicted octanol–water partition coefficient (Wildman–Crippen LogP) is 7.39. The fourth-order valence-corrected chi connectivity index (χ4v) is 8.67. The molecule has 1 heteroatoms. The van der Waals surface area contributed by atoms with Crippen LogP contribution in [0.2, 0.25) is 0 Å². The van der Waals surface area contributed by atoms with E-state index in [1.807, 2.05) is 0 Å². The molecule has 28 heavy (non-hydrogen) atoms. The van der Waals surface area contributed by atoms with Crippen LogP contribution in [-0.4, -0.2) is 11.2 Å². The summed E-state index contributed by atoms with van der Waals surface area (Å²) in [4.78, 5) is 0. The van der Waals surface area contributed by atoms with Crippen molar-refractivity contribution in [2.75, 3.05) is 0 Å². The maximum absolute atomic E-state index is 10.2. The number of aliphatic hydroxyl groups excluding tert-OH is 1. The Labute approximate surface area is 174 Å². The van der Waals surface area contributed by atoms with Crippen LogP contribution in [0.25, 0.3) is 0 Å². The molecular formula is C27H46O. The average molecular weight is 387 g/mol. The Hall–Kier alpha value is -0.300. The number of hydrogen-bond donors (Lipinski definition) is 1. The Morgan fingerprint density at radius 3 is 2.54 bits per heavy atom. The zero-order valence-corrected chi connectivity index (χ0v) is 19.3. The first kappa shape index (κ1) is 21.0. The van der Waals surface area contributed by atoms with Crippen LogP contribution in [0.5, 0.6) is 0 Å². The van der Waals surface area contributed by atoms with Crippen LogP contribution >= 0.6 is 0 Å². The number of aliphatic hydroxyl groups is 1. The highest BCUT2D eigenvalue weighted by Gasteiger charge is 2.59. The molecular weight excluding hydrogens is 340 g/mol. The van der Waals surface area contributed by atoms with Gasteiger partial charge in [-0.2, -0.15) is 0 Å². The molecule has 0 saturated heterocycles. The molecule has 0 aliphatic heterocycles. The van der Waals surface area contributed by atoms with Crippen molar-refractivity contribution in [1.82, 2.24) is 0 Å². The summed E-state index contributed by atoms with van der Waals surface area (Å²) in [6.45, 7) is 12.6. The van der Waals surface area contributed by atoms with E-state index in [4.69, 9.17) is 0 Å². The molecule has 8 atom stereocenters. The topological polar surface area (TPSA) is 20.2 Å². The Morgan fingerprint density at radius 2 is 1.79 bits per heavy atom. The van der Waals surface area contributed by atoms with Crippen LogP contribution in [0.15, 0.2) is 11.6 Å². The van der Waals surface area contributed by atoms with Crippen LogP contribution in [0.1, 0.15) is 105 Å². The molecule has 160 valence electrons. The lowest BCUT2D eigenvalue weighted by atomic mass is 9.47. The molecule has 4 aliphatic rings. The van der Waals surface area contributed by atoms with Crippen molar-refractivity contribution in [3.05, 3.63) is 11.6 Å². The first-order valence-corrected chi connectivity index (χ1v) is 12.6. The van der Waals surface area contributed by atoms with Crippen LogP contribution in [-0.2, 0) is 0 Å². The molecule has 0 bridgehead atoms. The molecule has 1 N–H and O–H groups in total. The summed E-state index contributed by atoms with van der Waals surface area (Å²) in [5.74, 6) is 5.46. The zero-order valence-electron chi connectivity index (χ0n) is 19.3. The average Bonchev–Trinajstić information content (AvgIpc) is 2.99. The van der Waals surface area contributed by atoms with Gasteiger partial charge in [0.15, 0.2) is 0 Å². The molecule has 1 nitrogen and oxygen atoms in total. The van der Waals surface area contributed by atoms with Gasteiger partial charge in [-0.1, -0.05) is 65.5 Å². The SMILES string of the molecule is CC(C)CCCC(C)C1CCC2[C@H]3CC=C4CC(O)CCC4(C)C3CCC12C. The maximum Gasteiger partial charge on any atom is 0.0577 e. The maximum atomic E-state index is 10.2. The zero-order chi connectivity index (χ0) is 20.1. The van der Waals surface area contributed by atoms with E-state index in [1.54, 1.807) is 5.57 Å². The fraction of sp³-hybridized carbons (Fsp3) is 0.926. The van der Waals surface area contributed by atoms with Crippen molar-refractivity contribution >= 4 is 0 Å². The molecule has 0 amide bonds. The van der Waals surface area contributed by atoms with Crippen LogP contribution in [0.4, 0.5) is 0 Å². The summed E-state index contributed by atoms with van der Waals surface area (Å²) in [5.41, 5.74) is 2.60. The van der Waals surface area contributed by atoms with Gasteiger partial charge >= 0.3 is 0 Å². The third-order valence-electron chi connectivity index (χ3n) is 10.3. The summed E-state index contributed by atoms with van der Waals surface area (Å²) in [5, 5.41) is 10.2. The van der Waals surface area contributed by atoms with Crippen molar-refractivity contribution < 1.29 is 5.11 Å². The van der Waals surface area contributed by atoms with Crippen molar-refractivity contribution in [3.63, 3.8) is 0 Å². The minimum atomic E-state index is -0.0766. The Balaban J connectivity index is 1.49. The van der Waals surface area contributed by atoms with Crippen LogP contribution < -0.4 is 0 Å². The summed E-state index contributed by atoms with van der Waals surface area (Å²) in [7, 11) is 0. The molecule has 0 aromatic carbocycles. The van der Waals surface area contributed by atoms with Crippen LogP contribution in [0.3, 0.4) is 0 Å². The van der Waals surface area contributed by atoms with Gasteiger partial charge in [-0.25, -0.2) is 0 Å². The Bertz CT molecular complexity index is 591. The third kappa shape index (κ3) is 3.42. The van der Waals surface area contributed by atoms with Gasteiger partial charge in [0.05, 0.1) is 6.10 Å². The molecule has 0 heterocycles. The number of allylic oxidation sites excluding steroid dienone is 1. The fourth-order valence-electron chi connectivity index (χ4n) is 8.67. The molecule has 4 aliphatic carbocycles. The van der Waals surface area contributed by atoms with Crippen molar-refractivity contribution in [1.29, 1.82) is 0 Å². The molecule has 7 unspecified atom stereocenters. The smallest absolute Gasteiger partial charge is 0.0577 e. The summed E-state index contributed by atoms with van der Waals surface area (Å²) >= 11 is 0. The van der Waals surface area contributed by atoms with E-state index in [0.717, 1.165) is 48.3 Å². The minimum absolute atomic E-state index is 0.0766. The molecule has 0 aromatic rings. The van der Waals surface area contributed by atoms with Crippen LogP contribution in [0, 0.1) is 46.3 Å². The van der Waals surface area contributed by atoms with Gasteiger partial charge in [0.1, 0.15) is 0 Å². The van der Waals surface area contributed by atoms with E-state index >= 15 is 0 Å². The standard InChI is InChI=1S/C27H46O/c1-18(2)7-6-8-19(3)23-11-12-24-22-10-9-20-17-21(28)13-15-26(20,4)25(22)14-16-27(23,24)5/h9,18-19,21-25,28H,6-8,10-17H2,1-5H3/t19?,21?,22-,23?,24?,25?,26?,27?/m1/s1. The predicted molar refractivity (Wildman–Crippen MR) is 119 cm³/mol. The lowest BCUT2D eigenvalue weighted by Gasteiger charge is -2.58. The van der Waals surface area contributed by atoms with Crippen molar-refractivity contribution in [2.24, 2.45) is 46.3 Å². The van der Waals surface area contributed by atoms with Gasteiger partial charge in [0.25, 0.3) is 0 Å². The second-order valence-corrected chi connectivity index (χ2v) is 12.2. The van der Waals surface area contributed by atoms with E-state index in [2.05, 4.69) is 40.7 Å². The quantitative estimate of drug-likeness (QED) is 0.488. The highest BCUT2D eigenvalue weighted by atomic mass is 16.3. The minimum Gasteiger partial charge on any atom is -0.393 e. The van der Waals surface area contributed by atoms with Crippen molar-refractivity contribution in [3.8, 4) is 0 Å². The molecule has 3 fully saturated rings. The van der Waals surface area contributed by atoms with Gasteiger partial charge in [-0.05, 0) is 97.7 Å². The molecule has 0 aromatic heterocycles. The second kappa shape index (κ2) is 7.75. The normalized spacial score (nSPS) is 46.5. The summed E-state index contributed by atoms with van der Waals surface area (Å²) < 4.78 is 0. The van der Waals surface area contributed by atoms with Gasteiger partial charge in [0.2, 0.25) is 0 Å². The monoisotopic (exact) mass is 386 g/mol. The molecule has 0 spiro atoms.